The zero-order chi connectivity index (χ0) is 31.5. The van der Waals surface area contributed by atoms with E-state index in [1.165, 1.54) is 167 Å². The zero-order valence-electron chi connectivity index (χ0n) is 28.8. The number of halogens is 3. The Labute approximate surface area is 267 Å². The molecule has 0 aliphatic carbocycles. The standard InChI is InChI=1S/C38H77F3N2/c39-38(40,41)37(33-29-25-21-17-13-9-5-1-3-7-11-15-19-23-27-31-35-42)34-30-26-22-18-14-10-6-2-4-8-12-16-20-24-28-32-36-43/h37H,1-36,42-43H2. The summed E-state index contributed by atoms with van der Waals surface area (Å²) in [5, 5.41) is 0. The minimum Gasteiger partial charge on any atom is -0.330 e. The number of hydrogen-bond donors (Lipinski definition) is 2. The van der Waals surface area contributed by atoms with Crippen molar-refractivity contribution in [1.29, 1.82) is 0 Å². The summed E-state index contributed by atoms with van der Waals surface area (Å²) in [6.07, 6.45) is 36.4. The first-order valence-electron chi connectivity index (χ1n) is 19.5. The Bertz CT molecular complexity index is 474. The molecule has 0 saturated carbocycles. The van der Waals surface area contributed by atoms with Crippen LogP contribution in [0.3, 0.4) is 0 Å². The topological polar surface area (TPSA) is 52.0 Å². The highest BCUT2D eigenvalue weighted by atomic mass is 19.4. The lowest BCUT2D eigenvalue weighted by Crippen LogP contribution is -2.22. The van der Waals surface area contributed by atoms with E-state index in [1.54, 1.807) is 0 Å². The summed E-state index contributed by atoms with van der Waals surface area (Å²) in [6, 6.07) is 0. The first-order valence-corrected chi connectivity index (χ1v) is 19.5. The maximum Gasteiger partial charge on any atom is 0.391 e. The molecular weight excluding hydrogens is 541 g/mol. The predicted octanol–water partition coefficient (Wildman–Crippen LogP) is 13.3. The molecule has 0 unspecified atom stereocenters. The molecule has 5 heteroatoms. The summed E-state index contributed by atoms with van der Waals surface area (Å²) < 4.78 is 40.6. The molecule has 0 aromatic heterocycles. The van der Waals surface area contributed by atoms with E-state index in [0.717, 1.165) is 51.6 Å². The molecule has 0 fully saturated rings. The molecule has 0 heterocycles. The smallest absolute Gasteiger partial charge is 0.330 e. The van der Waals surface area contributed by atoms with Crippen LogP contribution in [-0.4, -0.2) is 19.3 Å². The summed E-state index contributed by atoms with van der Waals surface area (Å²) in [5.41, 5.74) is 11.1. The fourth-order valence-corrected chi connectivity index (χ4v) is 6.49. The second kappa shape index (κ2) is 34.6. The van der Waals surface area contributed by atoms with Crippen LogP contribution in [0, 0.1) is 5.92 Å². The highest BCUT2D eigenvalue weighted by molar-refractivity contribution is 4.68. The van der Waals surface area contributed by atoms with E-state index >= 15 is 0 Å². The van der Waals surface area contributed by atoms with Gasteiger partial charge in [-0.15, -0.1) is 0 Å². The minimum atomic E-state index is -4.02. The molecule has 0 aliphatic rings. The third kappa shape index (κ3) is 34.4. The molecular formula is C38H77F3N2. The van der Waals surface area contributed by atoms with Gasteiger partial charge in [-0.05, 0) is 38.8 Å². The van der Waals surface area contributed by atoms with Gasteiger partial charge in [-0.3, -0.25) is 0 Å². The Morgan fingerprint density at radius 1 is 0.279 bits per heavy atom. The largest absolute Gasteiger partial charge is 0.391 e. The Balaban J connectivity index is 3.47. The van der Waals surface area contributed by atoms with Crippen LogP contribution in [0.25, 0.3) is 0 Å². The van der Waals surface area contributed by atoms with Crippen LogP contribution in [0.4, 0.5) is 13.2 Å². The average Bonchev–Trinajstić information content (AvgIpc) is 2.98. The van der Waals surface area contributed by atoms with Crippen LogP contribution >= 0.6 is 0 Å². The van der Waals surface area contributed by atoms with Gasteiger partial charge in [-0.25, -0.2) is 0 Å². The summed E-state index contributed by atoms with van der Waals surface area (Å²) in [6.45, 7) is 1.66. The van der Waals surface area contributed by atoms with Crippen molar-refractivity contribution in [3.05, 3.63) is 0 Å². The van der Waals surface area contributed by atoms with E-state index < -0.39 is 12.1 Å². The van der Waals surface area contributed by atoms with Crippen LogP contribution < -0.4 is 11.5 Å². The fraction of sp³-hybridized carbons (Fsp3) is 1.00. The van der Waals surface area contributed by atoms with Gasteiger partial charge >= 0.3 is 6.18 Å². The summed E-state index contributed by atoms with van der Waals surface area (Å²) in [5.74, 6) is -1.08. The van der Waals surface area contributed by atoms with Gasteiger partial charge in [0.15, 0.2) is 0 Å². The van der Waals surface area contributed by atoms with Crippen LogP contribution in [0.2, 0.25) is 0 Å². The molecule has 0 aromatic carbocycles. The van der Waals surface area contributed by atoms with Crippen LogP contribution in [-0.2, 0) is 0 Å². The maximum absolute atomic E-state index is 13.5. The van der Waals surface area contributed by atoms with Crippen LogP contribution in [0.1, 0.15) is 218 Å². The van der Waals surface area contributed by atoms with Gasteiger partial charge in [-0.2, -0.15) is 13.2 Å². The van der Waals surface area contributed by atoms with Crippen molar-refractivity contribution in [3.8, 4) is 0 Å². The van der Waals surface area contributed by atoms with E-state index in [-0.39, 0.29) is 0 Å². The molecule has 0 radical (unpaired) electrons. The van der Waals surface area contributed by atoms with Crippen LogP contribution in [0.5, 0.6) is 0 Å². The second-order valence-electron chi connectivity index (χ2n) is 13.7. The number of unbranched alkanes of at least 4 members (excludes halogenated alkanes) is 30. The quantitative estimate of drug-likeness (QED) is 0.0686. The number of rotatable bonds is 36. The van der Waals surface area contributed by atoms with E-state index in [2.05, 4.69) is 0 Å². The Morgan fingerprint density at radius 3 is 0.605 bits per heavy atom. The summed E-state index contributed by atoms with van der Waals surface area (Å²) in [7, 11) is 0. The second-order valence-corrected chi connectivity index (χ2v) is 13.7. The summed E-state index contributed by atoms with van der Waals surface area (Å²) >= 11 is 0. The lowest BCUT2D eigenvalue weighted by Gasteiger charge is -2.20. The molecule has 260 valence electrons. The van der Waals surface area contributed by atoms with Gasteiger partial charge in [0.25, 0.3) is 0 Å². The first kappa shape index (κ1) is 42.7. The molecule has 0 saturated heterocycles. The van der Waals surface area contributed by atoms with E-state index in [4.69, 9.17) is 11.5 Å². The molecule has 0 aromatic rings. The van der Waals surface area contributed by atoms with Crippen molar-refractivity contribution in [3.63, 3.8) is 0 Å². The molecule has 4 N–H and O–H groups in total. The normalized spacial score (nSPS) is 12.1. The average molecular weight is 619 g/mol. The van der Waals surface area contributed by atoms with Crippen molar-refractivity contribution >= 4 is 0 Å². The van der Waals surface area contributed by atoms with E-state index in [1.807, 2.05) is 0 Å². The highest BCUT2D eigenvalue weighted by Gasteiger charge is 2.38. The van der Waals surface area contributed by atoms with Gasteiger partial charge in [0.1, 0.15) is 0 Å². The van der Waals surface area contributed by atoms with Crippen molar-refractivity contribution in [1.82, 2.24) is 0 Å². The van der Waals surface area contributed by atoms with Crippen molar-refractivity contribution in [2.75, 3.05) is 13.1 Å². The number of nitrogens with two attached hydrogens (primary N) is 2. The van der Waals surface area contributed by atoms with Gasteiger partial charge < -0.3 is 11.5 Å². The lowest BCUT2D eigenvalue weighted by molar-refractivity contribution is -0.178. The molecule has 0 aliphatic heterocycles. The molecule has 43 heavy (non-hydrogen) atoms. The molecule has 0 rings (SSSR count). The fourth-order valence-electron chi connectivity index (χ4n) is 6.49. The van der Waals surface area contributed by atoms with Gasteiger partial charge in [0.2, 0.25) is 0 Å². The lowest BCUT2D eigenvalue weighted by atomic mass is 9.93. The first-order chi connectivity index (χ1) is 21.0. The van der Waals surface area contributed by atoms with Crippen LogP contribution in [0.15, 0.2) is 0 Å². The predicted molar refractivity (Wildman–Crippen MR) is 185 cm³/mol. The highest BCUT2D eigenvalue weighted by Crippen LogP contribution is 2.34. The molecule has 0 amide bonds. The molecule has 0 spiro atoms. The third-order valence-electron chi connectivity index (χ3n) is 9.48. The Morgan fingerprint density at radius 2 is 0.442 bits per heavy atom. The van der Waals surface area contributed by atoms with E-state index in [9.17, 15) is 13.2 Å². The molecule has 2 nitrogen and oxygen atoms in total. The Hall–Kier alpha value is -0.290. The number of hydrogen-bond acceptors (Lipinski definition) is 2. The molecule has 0 bridgehead atoms. The minimum absolute atomic E-state index is 0.338. The SMILES string of the molecule is NCCCCCCCCCCCCCCCCCCC(CCCCCCCCCCCCCCCCCCN)C(F)(F)F. The number of alkyl halides is 3. The van der Waals surface area contributed by atoms with Gasteiger partial charge in [-0.1, -0.05) is 193 Å². The summed E-state index contributed by atoms with van der Waals surface area (Å²) in [4.78, 5) is 0. The van der Waals surface area contributed by atoms with Crippen molar-refractivity contribution < 1.29 is 13.2 Å². The van der Waals surface area contributed by atoms with Crippen molar-refractivity contribution in [2.45, 2.75) is 224 Å². The maximum atomic E-state index is 13.5. The monoisotopic (exact) mass is 619 g/mol. The van der Waals surface area contributed by atoms with Gasteiger partial charge in [0, 0.05) is 0 Å². The van der Waals surface area contributed by atoms with E-state index in [0.29, 0.717) is 12.8 Å². The van der Waals surface area contributed by atoms with Crippen molar-refractivity contribution in [2.24, 2.45) is 17.4 Å². The Kier molecular flexibility index (Phi) is 34.3. The van der Waals surface area contributed by atoms with Gasteiger partial charge in [0.05, 0.1) is 5.92 Å². The molecule has 0 atom stereocenters. The third-order valence-corrected chi connectivity index (χ3v) is 9.48. The zero-order valence-corrected chi connectivity index (χ0v) is 28.8.